The number of benzene rings is 1. The van der Waals surface area contributed by atoms with Gasteiger partial charge in [0.15, 0.2) is 0 Å². The summed E-state index contributed by atoms with van der Waals surface area (Å²) in [4.78, 5) is 0. The van der Waals surface area contributed by atoms with E-state index in [1.807, 2.05) is 0 Å². The second-order valence-corrected chi connectivity index (χ2v) is 8.27. The van der Waals surface area contributed by atoms with Crippen LogP contribution < -0.4 is 5.32 Å². The van der Waals surface area contributed by atoms with Crippen molar-refractivity contribution in [3.8, 4) is 0 Å². The molecular weight excluding hydrogens is 242 g/mol. The maximum absolute atomic E-state index is 3.90. The molecule has 0 heterocycles. The number of rotatable bonds is 3. The summed E-state index contributed by atoms with van der Waals surface area (Å²) in [6.45, 7) is 12.0. The van der Waals surface area contributed by atoms with Gasteiger partial charge in [-0.25, -0.2) is 0 Å². The standard InChI is InChI=1S/C19H29N/c1-13(2)14-7-6-8-16(11-14)20-17-18(3,4)15-9-10-19(17,5)12-15/h6-8,11,13,15,17,20H,9-10,12H2,1-5H3/t15-,17?,19+/m0/s1. The molecule has 2 bridgehead atoms. The van der Waals surface area contributed by atoms with Crippen LogP contribution in [0.1, 0.15) is 65.4 Å². The van der Waals surface area contributed by atoms with Crippen LogP contribution in [0.25, 0.3) is 0 Å². The quantitative estimate of drug-likeness (QED) is 0.772. The monoisotopic (exact) mass is 271 g/mol. The van der Waals surface area contributed by atoms with Crippen LogP contribution in [0.2, 0.25) is 0 Å². The Morgan fingerprint density at radius 3 is 2.55 bits per heavy atom. The topological polar surface area (TPSA) is 12.0 Å². The molecule has 20 heavy (non-hydrogen) atoms. The van der Waals surface area contributed by atoms with E-state index >= 15 is 0 Å². The van der Waals surface area contributed by atoms with Crippen LogP contribution in [0.3, 0.4) is 0 Å². The third kappa shape index (κ3) is 2.06. The van der Waals surface area contributed by atoms with Gasteiger partial charge in [-0.3, -0.25) is 0 Å². The van der Waals surface area contributed by atoms with Crippen molar-refractivity contribution < 1.29 is 0 Å². The highest BCUT2D eigenvalue weighted by Gasteiger charge is 2.59. The molecule has 1 nitrogen and oxygen atoms in total. The lowest BCUT2D eigenvalue weighted by molar-refractivity contribution is 0.155. The normalized spacial score (nSPS) is 34.7. The number of fused-ring (bicyclic) bond motifs is 2. The van der Waals surface area contributed by atoms with Gasteiger partial charge in [0, 0.05) is 11.7 Å². The van der Waals surface area contributed by atoms with E-state index in [0.717, 1.165) is 5.92 Å². The highest BCUT2D eigenvalue weighted by atomic mass is 15.0. The van der Waals surface area contributed by atoms with Crippen LogP contribution in [-0.4, -0.2) is 6.04 Å². The Bertz CT molecular complexity index is 497. The van der Waals surface area contributed by atoms with Crippen LogP contribution in [-0.2, 0) is 0 Å². The number of nitrogens with one attached hydrogen (secondary N) is 1. The summed E-state index contributed by atoms with van der Waals surface area (Å²) in [7, 11) is 0. The lowest BCUT2D eigenvalue weighted by Crippen LogP contribution is -2.45. The van der Waals surface area contributed by atoms with Crippen LogP contribution >= 0.6 is 0 Å². The van der Waals surface area contributed by atoms with Gasteiger partial charge in [0.05, 0.1) is 0 Å². The van der Waals surface area contributed by atoms with Gasteiger partial charge in [0.25, 0.3) is 0 Å². The zero-order valence-electron chi connectivity index (χ0n) is 13.7. The zero-order valence-corrected chi connectivity index (χ0v) is 13.7. The Morgan fingerprint density at radius 2 is 1.95 bits per heavy atom. The predicted octanol–water partition coefficient (Wildman–Crippen LogP) is 5.44. The molecule has 0 amide bonds. The lowest BCUT2D eigenvalue weighted by Gasteiger charge is -2.43. The molecule has 0 spiro atoms. The molecule has 1 aromatic carbocycles. The number of hydrogen-bond donors (Lipinski definition) is 1. The van der Waals surface area contributed by atoms with Gasteiger partial charge in [-0.2, -0.15) is 0 Å². The smallest absolute Gasteiger partial charge is 0.0368 e. The molecule has 0 aromatic heterocycles. The van der Waals surface area contributed by atoms with E-state index in [1.165, 1.54) is 30.5 Å². The molecule has 1 unspecified atom stereocenters. The van der Waals surface area contributed by atoms with Crippen molar-refractivity contribution in [3.63, 3.8) is 0 Å². The molecule has 0 saturated heterocycles. The van der Waals surface area contributed by atoms with Crippen LogP contribution in [0.5, 0.6) is 0 Å². The fourth-order valence-electron chi connectivity index (χ4n) is 4.82. The van der Waals surface area contributed by atoms with Gasteiger partial charge < -0.3 is 5.32 Å². The summed E-state index contributed by atoms with van der Waals surface area (Å²) in [6.07, 6.45) is 4.22. The minimum atomic E-state index is 0.417. The van der Waals surface area contributed by atoms with Crippen molar-refractivity contribution >= 4 is 5.69 Å². The average molecular weight is 271 g/mol. The van der Waals surface area contributed by atoms with E-state index in [-0.39, 0.29) is 0 Å². The molecule has 3 rings (SSSR count). The molecule has 0 radical (unpaired) electrons. The van der Waals surface area contributed by atoms with Gasteiger partial charge in [0.2, 0.25) is 0 Å². The van der Waals surface area contributed by atoms with Crippen LogP contribution in [0.4, 0.5) is 5.69 Å². The third-order valence-corrected chi connectivity index (χ3v) is 6.13. The van der Waals surface area contributed by atoms with Crippen molar-refractivity contribution in [2.24, 2.45) is 16.7 Å². The van der Waals surface area contributed by atoms with E-state index in [4.69, 9.17) is 0 Å². The fraction of sp³-hybridized carbons (Fsp3) is 0.684. The Hall–Kier alpha value is -0.980. The summed E-state index contributed by atoms with van der Waals surface area (Å²) in [5.74, 6) is 1.50. The first-order chi connectivity index (χ1) is 9.33. The van der Waals surface area contributed by atoms with E-state index in [0.29, 0.717) is 22.8 Å². The van der Waals surface area contributed by atoms with Gasteiger partial charge in [-0.1, -0.05) is 46.8 Å². The Balaban J connectivity index is 1.86. The largest absolute Gasteiger partial charge is 0.381 e. The summed E-state index contributed by atoms with van der Waals surface area (Å²) >= 11 is 0. The van der Waals surface area contributed by atoms with Gasteiger partial charge in [-0.15, -0.1) is 0 Å². The van der Waals surface area contributed by atoms with Gasteiger partial charge in [0.1, 0.15) is 0 Å². The maximum Gasteiger partial charge on any atom is 0.0368 e. The van der Waals surface area contributed by atoms with Crippen molar-refractivity contribution in [2.45, 2.75) is 65.8 Å². The van der Waals surface area contributed by atoms with Crippen LogP contribution in [0.15, 0.2) is 24.3 Å². The summed E-state index contributed by atoms with van der Waals surface area (Å²) in [6, 6.07) is 9.62. The summed E-state index contributed by atoms with van der Waals surface area (Å²) in [5.41, 5.74) is 3.65. The first-order valence-electron chi connectivity index (χ1n) is 8.19. The molecule has 3 atom stereocenters. The molecule has 2 aliphatic carbocycles. The van der Waals surface area contributed by atoms with Crippen molar-refractivity contribution in [1.29, 1.82) is 0 Å². The first kappa shape index (κ1) is 14.0. The average Bonchev–Trinajstić information content (AvgIpc) is 2.86. The van der Waals surface area contributed by atoms with E-state index < -0.39 is 0 Å². The highest BCUT2D eigenvalue weighted by molar-refractivity contribution is 5.48. The molecule has 0 aliphatic heterocycles. The summed E-state index contributed by atoms with van der Waals surface area (Å²) in [5, 5.41) is 3.90. The second-order valence-electron chi connectivity index (χ2n) is 8.27. The second kappa shape index (κ2) is 4.51. The molecule has 2 saturated carbocycles. The number of anilines is 1. The zero-order chi connectivity index (χ0) is 14.5. The maximum atomic E-state index is 3.90. The molecule has 1 N–H and O–H groups in total. The minimum absolute atomic E-state index is 0.417. The molecule has 2 fully saturated rings. The van der Waals surface area contributed by atoms with Gasteiger partial charge in [-0.05, 0) is 59.6 Å². The fourth-order valence-corrected chi connectivity index (χ4v) is 4.82. The Kier molecular flexibility index (Phi) is 3.15. The lowest BCUT2D eigenvalue weighted by atomic mass is 9.68. The van der Waals surface area contributed by atoms with Crippen LogP contribution in [0, 0.1) is 16.7 Å². The molecule has 1 heteroatoms. The van der Waals surface area contributed by atoms with Gasteiger partial charge >= 0.3 is 0 Å². The number of hydrogen-bond acceptors (Lipinski definition) is 1. The Morgan fingerprint density at radius 1 is 1.20 bits per heavy atom. The highest BCUT2D eigenvalue weighted by Crippen LogP contribution is 2.63. The van der Waals surface area contributed by atoms with Crippen molar-refractivity contribution in [3.05, 3.63) is 29.8 Å². The van der Waals surface area contributed by atoms with E-state index in [1.54, 1.807) is 0 Å². The third-order valence-electron chi connectivity index (χ3n) is 6.13. The summed E-state index contributed by atoms with van der Waals surface area (Å²) < 4.78 is 0. The molecule has 2 aliphatic rings. The Labute approximate surface area is 124 Å². The predicted molar refractivity (Wildman–Crippen MR) is 87.2 cm³/mol. The molecular formula is C19H29N. The minimum Gasteiger partial charge on any atom is -0.381 e. The van der Waals surface area contributed by atoms with E-state index in [2.05, 4.69) is 64.2 Å². The van der Waals surface area contributed by atoms with Crippen molar-refractivity contribution in [2.75, 3.05) is 5.32 Å². The molecule has 1 aromatic rings. The SMILES string of the molecule is CC(C)c1cccc(NC2C(C)(C)[C@H]3CC[C@]2(C)C3)c1. The van der Waals surface area contributed by atoms with E-state index in [9.17, 15) is 0 Å². The van der Waals surface area contributed by atoms with Crippen molar-refractivity contribution in [1.82, 2.24) is 0 Å². The first-order valence-corrected chi connectivity index (χ1v) is 8.19. The molecule has 110 valence electrons.